The van der Waals surface area contributed by atoms with Crippen molar-refractivity contribution in [3.05, 3.63) is 210 Å². The minimum atomic E-state index is -0.534. The molecular formula is C51H31NO2. The van der Waals surface area contributed by atoms with Crippen molar-refractivity contribution < 1.29 is 9.47 Å². The summed E-state index contributed by atoms with van der Waals surface area (Å²) < 4.78 is 14.0. The maximum atomic E-state index is 7.09. The van der Waals surface area contributed by atoms with Crippen LogP contribution < -0.4 is 14.4 Å². The molecule has 0 saturated carbocycles. The Kier molecular flexibility index (Phi) is 5.98. The lowest BCUT2D eigenvalue weighted by atomic mass is 9.70. The summed E-state index contributed by atoms with van der Waals surface area (Å²) >= 11 is 0. The van der Waals surface area contributed by atoms with Crippen LogP contribution >= 0.6 is 0 Å². The van der Waals surface area contributed by atoms with Crippen molar-refractivity contribution in [2.45, 2.75) is 5.41 Å². The van der Waals surface area contributed by atoms with Gasteiger partial charge in [-0.05, 0) is 103 Å². The van der Waals surface area contributed by atoms with Gasteiger partial charge in [0.1, 0.15) is 0 Å². The number of rotatable bonds is 3. The second-order valence-electron chi connectivity index (χ2n) is 14.4. The monoisotopic (exact) mass is 689 g/mol. The van der Waals surface area contributed by atoms with Gasteiger partial charge in [-0.1, -0.05) is 140 Å². The van der Waals surface area contributed by atoms with E-state index in [1.165, 1.54) is 60.5 Å². The molecule has 1 heterocycles. The van der Waals surface area contributed by atoms with Crippen molar-refractivity contribution in [3.63, 3.8) is 0 Å². The highest BCUT2D eigenvalue weighted by Gasteiger charge is 2.54. The van der Waals surface area contributed by atoms with Gasteiger partial charge in [-0.3, -0.25) is 0 Å². The zero-order valence-electron chi connectivity index (χ0n) is 29.2. The highest BCUT2D eigenvalue weighted by Crippen LogP contribution is 2.67. The lowest BCUT2D eigenvalue weighted by Gasteiger charge is -2.33. The van der Waals surface area contributed by atoms with Gasteiger partial charge in [0.25, 0.3) is 0 Å². The molecule has 3 aliphatic rings. The first-order chi connectivity index (χ1) is 26.8. The summed E-state index contributed by atoms with van der Waals surface area (Å²) in [7, 11) is 0. The van der Waals surface area contributed by atoms with Gasteiger partial charge >= 0.3 is 0 Å². The molecule has 1 spiro atoms. The number of hydrogen-bond donors (Lipinski definition) is 0. The van der Waals surface area contributed by atoms with Crippen LogP contribution in [0.1, 0.15) is 22.3 Å². The Morgan fingerprint density at radius 3 is 1.39 bits per heavy atom. The average molecular weight is 690 g/mol. The number of benzene rings is 9. The van der Waals surface area contributed by atoms with Crippen LogP contribution in [0.4, 0.5) is 17.1 Å². The molecule has 252 valence electrons. The van der Waals surface area contributed by atoms with E-state index in [9.17, 15) is 0 Å². The van der Waals surface area contributed by atoms with E-state index in [4.69, 9.17) is 9.47 Å². The largest absolute Gasteiger partial charge is 0.449 e. The standard InChI is InChI=1S/C51H31NO2/c1-3-13-34-29-36(23-21-32(34)11-1)52(37-24-22-33-12-2-4-14-35(33)30-37)38-25-27-46-48(31-38)53-47-28-26-42-41-17-7-10-20-45(41)51(49(42)50(47)54-46)43-18-8-5-15-39(43)40-16-6-9-19-44(40)51/h1-31H. The number of anilines is 3. The van der Waals surface area contributed by atoms with E-state index in [0.717, 1.165) is 34.1 Å². The zero-order valence-corrected chi connectivity index (χ0v) is 29.2. The molecule has 3 nitrogen and oxygen atoms in total. The topological polar surface area (TPSA) is 21.7 Å². The van der Waals surface area contributed by atoms with Crippen molar-refractivity contribution >= 4 is 38.6 Å². The summed E-state index contributed by atoms with van der Waals surface area (Å²) in [5.74, 6) is 2.87. The maximum Gasteiger partial charge on any atom is 0.175 e. The summed E-state index contributed by atoms with van der Waals surface area (Å²) in [6, 6.07) is 67.5. The van der Waals surface area contributed by atoms with Crippen LogP contribution in [0, 0.1) is 0 Å². The molecule has 0 aromatic heterocycles. The quantitative estimate of drug-likeness (QED) is 0.184. The molecule has 1 aliphatic heterocycles. The normalized spacial score (nSPS) is 13.6. The van der Waals surface area contributed by atoms with Gasteiger partial charge in [-0.2, -0.15) is 0 Å². The van der Waals surface area contributed by atoms with E-state index < -0.39 is 5.41 Å². The van der Waals surface area contributed by atoms with Gasteiger partial charge in [0.05, 0.1) is 11.1 Å². The number of fused-ring (bicyclic) bond motifs is 15. The Hall–Kier alpha value is -7.10. The molecule has 3 heteroatoms. The predicted octanol–water partition coefficient (Wildman–Crippen LogP) is 13.7. The van der Waals surface area contributed by atoms with Crippen LogP contribution in [0.25, 0.3) is 43.8 Å². The number of ether oxygens (including phenoxy) is 2. The zero-order chi connectivity index (χ0) is 35.4. The molecule has 0 saturated heterocycles. The van der Waals surface area contributed by atoms with E-state index in [1.54, 1.807) is 0 Å². The van der Waals surface area contributed by atoms with Crippen molar-refractivity contribution in [2.24, 2.45) is 0 Å². The first-order valence-electron chi connectivity index (χ1n) is 18.5. The third-order valence-electron chi connectivity index (χ3n) is 11.7. The smallest absolute Gasteiger partial charge is 0.175 e. The van der Waals surface area contributed by atoms with Crippen molar-refractivity contribution in [1.82, 2.24) is 0 Å². The van der Waals surface area contributed by atoms with Gasteiger partial charge in [0.2, 0.25) is 0 Å². The lowest BCUT2D eigenvalue weighted by Crippen LogP contribution is -2.26. The first-order valence-corrected chi connectivity index (χ1v) is 18.5. The van der Waals surface area contributed by atoms with Gasteiger partial charge in [-0.15, -0.1) is 0 Å². The number of nitrogens with zero attached hydrogens (tertiary/aromatic N) is 1. The summed E-state index contributed by atoms with van der Waals surface area (Å²) in [6.07, 6.45) is 0. The van der Waals surface area contributed by atoms with Gasteiger partial charge in [0.15, 0.2) is 23.0 Å². The third kappa shape index (κ3) is 3.96. The van der Waals surface area contributed by atoms with Crippen LogP contribution in [-0.2, 0) is 5.41 Å². The fourth-order valence-electron chi connectivity index (χ4n) is 9.42. The van der Waals surface area contributed by atoms with E-state index >= 15 is 0 Å². The van der Waals surface area contributed by atoms with Crippen molar-refractivity contribution in [3.8, 4) is 45.3 Å². The average Bonchev–Trinajstić information content (AvgIpc) is 3.70. The highest BCUT2D eigenvalue weighted by atomic mass is 16.6. The van der Waals surface area contributed by atoms with E-state index in [0.29, 0.717) is 11.5 Å². The maximum absolute atomic E-state index is 7.09. The third-order valence-corrected chi connectivity index (χ3v) is 11.7. The summed E-state index contributed by atoms with van der Waals surface area (Å²) in [4.78, 5) is 2.30. The van der Waals surface area contributed by atoms with Gasteiger partial charge < -0.3 is 14.4 Å². The molecular weight excluding hydrogens is 659 g/mol. The Morgan fingerprint density at radius 1 is 0.333 bits per heavy atom. The number of hydrogen-bond acceptors (Lipinski definition) is 3. The Balaban J connectivity index is 1.03. The second-order valence-corrected chi connectivity index (χ2v) is 14.4. The predicted molar refractivity (Wildman–Crippen MR) is 219 cm³/mol. The molecule has 2 aliphatic carbocycles. The summed E-state index contributed by atoms with van der Waals surface area (Å²) in [6.45, 7) is 0. The van der Waals surface area contributed by atoms with E-state index in [2.05, 4.69) is 193 Å². The molecule has 9 aromatic rings. The fourth-order valence-corrected chi connectivity index (χ4v) is 9.42. The van der Waals surface area contributed by atoms with Crippen molar-refractivity contribution in [1.29, 1.82) is 0 Å². The second kappa shape index (κ2) is 11.0. The van der Waals surface area contributed by atoms with Crippen LogP contribution in [0.15, 0.2) is 188 Å². The lowest BCUT2D eigenvalue weighted by molar-refractivity contribution is 0.355. The minimum Gasteiger partial charge on any atom is -0.449 e. The minimum absolute atomic E-state index is 0.534. The molecule has 54 heavy (non-hydrogen) atoms. The Bertz CT molecular complexity index is 2890. The molecule has 9 aromatic carbocycles. The summed E-state index contributed by atoms with van der Waals surface area (Å²) in [5, 5.41) is 4.79. The van der Waals surface area contributed by atoms with Crippen LogP contribution in [0.2, 0.25) is 0 Å². The SMILES string of the molecule is c1ccc2c(c1)-c1ccccc1C21c2ccccc2-c2ccc3c(c21)Oc1ccc(N(c2ccc4ccccc4c2)c2ccc4ccccc4c2)cc1O3. The Morgan fingerprint density at radius 2 is 0.796 bits per heavy atom. The first kappa shape index (κ1) is 29.5. The van der Waals surface area contributed by atoms with Crippen LogP contribution in [0.5, 0.6) is 23.0 Å². The fraction of sp³-hybridized carbons (Fsp3) is 0.0196. The highest BCUT2D eigenvalue weighted by molar-refractivity contribution is 5.98. The van der Waals surface area contributed by atoms with E-state index in [1.807, 2.05) is 0 Å². The molecule has 0 fully saturated rings. The van der Waals surface area contributed by atoms with Crippen LogP contribution in [-0.4, -0.2) is 0 Å². The molecule has 0 radical (unpaired) electrons. The molecule has 0 amide bonds. The summed E-state index contributed by atoms with van der Waals surface area (Å²) in [5.41, 5.74) is 12.5. The van der Waals surface area contributed by atoms with Crippen molar-refractivity contribution in [2.75, 3.05) is 4.90 Å². The molecule has 0 bridgehead atoms. The van der Waals surface area contributed by atoms with E-state index in [-0.39, 0.29) is 0 Å². The molecule has 0 N–H and O–H groups in total. The Labute approximate surface area is 312 Å². The molecule has 12 rings (SSSR count). The molecule has 0 unspecified atom stereocenters. The van der Waals surface area contributed by atoms with Gasteiger partial charge in [-0.25, -0.2) is 0 Å². The van der Waals surface area contributed by atoms with Gasteiger partial charge in [0, 0.05) is 23.0 Å². The molecule has 0 atom stereocenters. The van der Waals surface area contributed by atoms with Crippen LogP contribution in [0.3, 0.4) is 0 Å².